The number of anilines is 1. The summed E-state index contributed by atoms with van der Waals surface area (Å²) in [5.74, 6) is 0. The minimum absolute atomic E-state index is 0.122. The molecule has 0 aromatic heterocycles. The van der Waals surface area contributed by atoms with Gasteiger partial charge in [-0.15, -0.1) is 0 Å². The number of benzene rings is 1. The normalized spacial score (nSPS) is 23.6. The van der Waals surface area contributed by atoms with Crippen LogP contribution in [0.25, 0.3) is 0 Å². The van der Waals surface area contributed by atoms with Gasteiger partial charge in [-0.2, -0.15) is 13.2 Å². The van der Waals surface area contributed by atoms with E-state index in [1.807, 2.05) is 23.9 Å². The maximum absolute atomic E-state index is 12.5. The number of rotatable bonds is 3. The lowest BCUT2D eigenvalue weighted by molar-refractivity contribution is -0.137. The summed E-state index contributed by atoms with van der Waals surface area (Å²) >= 11 is 0. The molecule has 0 amide bonds. The Morgan fingerprint density at radius 1 is 1.25 bits per heavy atom. The van der Waals surface area contributed by atoms with E-state index in [1.165, 1.54) is 12.1 Å². The zero-order valence-electron chi connectivity index (χ0n) is 11.6. The van der Waals surface area contributed by atoms with Crippen LogP contribution in [-0.4, -0.2) is 49.3 Å². The molecule has 6 heteroatoms. The van der Waals surface area contributed by atoms with Crippen molar-refractivity contribution < 1.29 is 18.3 Å². The number of nitrogens with zero attached hydrogens (tertiary/aromatic N) is 2. The molecule has 1 aromatic rings. The summed E-state index contributed by atoms with van der Waals surface area (Å²) in [6.07, 6.45) is -4.10. The molecule has 1 aliphatic heterocycles. The second-order valence-corrected chi connectivity index (χ2v) is 5.50. The van der Waals surface area contributed by atoms with Crippen LogP contribution in [-0.2, 0) is 6.18 Å². The Kier molecular flexibility index (Phi) is 4.25. The lowest BCUT2D eigenvalue weighted by Gasteiger charge is -2.28. The van der Waals surface area contributed by atoms with Gasteiger partial charge >= 0.3 is 6.18 Å². The Balaban J connectivity index is 2.17. The summed E-state index contributed by atoms with van der Waals surface area (Å²) in [5.41, 5.74) is 0.0755. The predicted molar refractivity (Wildman–Crippen MR) is 71.8 cm³/mol. The summed E-state index contributed by atoms with van der Waals surface area (Å²) in [7, 11) is 3.88. The van der Waals surface area contributed by atoms with Gasteiger partial charge in [-0.05, 0) is 44.8 Å². The van der Waals surface area contributed by atoms with Crippen LogP contribution in [0.15, 0.2) is 24.3 Å². The maximum atomic E-state index is 12.5. The maximum Gasteiger partial charge on any atom is 0.416 e. The highest BCUT2D eigenvalue weighted by atomic mass is 19.4. The zero-order chi connectivity index (χ0) is 14.9. The first-order valence-electron chi connectivity index (χ1n) is 6.54. The van der Waals surface area contributed by atoms with Crippen molar-refractivity contribution in [3.63, 3.8) is 0 Å². The minimum atomic E-state index is -4.31. The van der Waals surface area contributed by atoms with Crippen LogP contribution in [0.4, 0.5) is 18.9 Å². The van der Waals surface area contributed by atoms with Crippen molar-refractivity contribution in [2.75, 3.05) is 32.1 Å². The molecule has 1 fully saturated rings. The van der Waals surface area contributed by atoms with Gasteiger partial charge in [-0.25, -0.2) is 0 Å². The molecule has 1 saturated heterocycles. The van der Waals surface area contributed by atoms with Gasteiger partial charge in [-0.1, -0.05) is 0 Å². The van der Waals surface area contributed by atoms with E-state index >= 15 is 0 Å². The van der Waals surface area contributed by atoms with E-state index < -0.39 is 17.8 Å². The van der Waals surface area contributed by atoms with E-state index in [0.717, 1.165) is 24.4 Å². The molecule has 1 aromatic carbocycles. The molecule has 0 spiro atoms. The Labute approximate surface area is 116 Å². The molecular formula is C14H19F3N2O. The largest absolute Gasteiger partial charge is 0.416 e. The van der Waals surface area contributed by atoms with E-state index in [0.29, 0.717) is 13.0 Å². The summed E-state index contributed by atoms with van der Waals surface area (Å²) < 4.78 is 37.6. The molecule has 0 radical (unpaired) electrons. The second kappa shape index (κ2) is 5.61. The Bertz CT molecular complexity index is 445. The molecular weight excluding hydrogens is 269 g/mol. The van der Waals surface area contributed by atoms with E-state index in [1.54, 1.807) is 0 Å². The molecule has 1 aliphatic rings. The Hall–Kier alpha value is -1.27. The molecule has 0 bridgehead atoms. The topological polar surface area (TPSA) is 26.7 Å². The van der Waals surface area contributed by atoms with Gasteiger partial charge in [0.15, 0.2) is 0 Å². The molecule has 112 valence electrons. The van der Waals surface area contributed by atoms with Crippen molar-refractivity contribution in [2.24, 2.45) is 0 Å². The zero-order valence-corrected chi connectivity index (χ0v) is 11.6. The molecule has 1 heterocycles. The Morgan fingerprint density at radius 3 is 2.35 bits per heavy atom. The first-order valence-corrected chi connectivity index (χ1v) is 6.54. The molecule has 0 aliphatic carbocycles. The Morgan fingerprint density at radius 2 is 1.85 bits per heavy atom. The molecule has 2 unspecified atom stereocenters. The average Bonchev–Trinajstić information content (AvgIpc) is 2.68. The first kappa shape index (κ1) is 15.1. The van der Waals surface area contributed by atoms with Crippen LogP contribution in [0.3, 0.4) is 0 Å². The van der Waals surface area contributed by atoms with Crippen molar-refractivity contribution in [3.05, 3.63) is 29.8 Å². The summed E-state index contributed by atoms with van der Waals surface area (Å²) in [4.78, 5) is 3.99. The smallest absolute Gasteiger partial charge is 0.391 e. The number of hydrogen-bond donors (Lipinski definition) is 1. The fourth-order valence-corrected chi connectivity index (χ4v) is 2.64. The van der Waals surface area contributed by atoms with Gasteiger partial charge in [0.2, 0.25) is 0 Å². The second-order valence-electron chi connectivity index (χ2n) is 5.50. The molecule has 0 saturated carbocycles. The highest BCUT2D eigenvalue weighted by molar-refractivity contribution is 5.50. The van der Waals surface area contributed by atoms with Crippen LogP contribution in [0.2, 0.25) is 0 Å². The average molecular weight is 288 g/mol. The van der Waals surface area contributed by atoms with E-state index in [4.69, 9.17) is 0 Å². The number of likely N-dealkylation sites (N-methyl/N-ethyl adjacent to an activating group) is 1. The molecule has 3 nitrogen and oxygen atoms in total. The fourth-order valence-electron chi connectivity index (χ4n) is 2.64. The first-order chi connectivity index (χ1) is 9.27. The van der Waals surface area contributed by atoms with Crippen LogP contribution < -0.4 is 4.90 Å². The molecule has 20 heavy (non-hydrogen) atoms. The van der Waals surface area contributed by atoms with Crippen molar-refractivity contribution in [1.29, 1.82) is 0 Å². The van der Waals surface area contributed by atoms with Crippen LogP contribution in [0.1, 0.15) is 12.0 Å². The van der Waals surface area contributed by atoms with Gasteiger partial charge < -0.3 is 14.9 Å². The molecule has 1 N–H and O–H groups in total. The van der Waals surface area contributed by atoms with Crippen LogP contribution in [0.5, 0.6) is 0 Å². The summed E-state index contributed by atoms with van der Waals surface area (Å²) in [5, 5.41) is 9.79. The van der Waals surface area contributed by atoms with Crippen molar-refractivity contribution in [1.82, 2.24) is 4.90 Å². The van der Waals surface area contributed by atoms with Crippen molar-refractivity contribution in [2.45, 2.75) is 24.7 Å². The summed E-state index contributed by atoms with van der Waals surface area (Å²) in [6.45, 7) is 1.22. The van der Waals surface area contributed by atoms with Gasteiger partial charge in [0.1, 0.15) is 0 Å². The SMILES string of the molecule is CN(C)CC1CC(O)CN1c1ccc(C(F)(F)F)cc1. The number of hydrogen-bond acceptors (Lipinski definition) is 3. The van der Waals surface area contributed by atoms with Gasteiger partial charge in [0.05, 0.1) is 11.7 Å². The van der Waals surface area contributed by atoms with E-state index in [-0.39, 0.29) is 6.04 Å². The van der Waals surface area contributed by atoms with Crippen molar-refractivity contribution >= 4 is 5.69 Å². The van der Waals surface area contributed by atoms with E-state index in [2.05, 4.69) is 0 Å². The van der Waals surface area contributed by atoms with Crippen molar-refractivity contribution in [3.8, 4) is 0 Å². The number of alkyl halides is 3. The standard InChI is InChI=1S/C14H19F3N2O/c1-18(2)8-12-7-13(20)9-19(12)11-5-3-10(4-6-11)14(15,16)17/h3-6,12-13,20H,7-9H2,1-2H3. The van der Waals surface area contributed by atoms with E-state index in [9.17, 15) is 18.3 Å². The lowest BCUT2D eigenvalue weighted by Crippen LogP contribution is -2.37. The van der Waals surface area contributed by atoms with Gasteiger partial charge in [0, 0.05) is 24.8 Å². The number of β-amino-alcohol motifs (C(OH)–C–C–N with tert-alkyl or cyclic N) is 1. The van der Waals surface area contributed by atoms with Gasteiger partial charge in [0.25, 0.3) is 0 Å². The van der Waals surface area contributed by atoms with Gasteiger partial charge in [-0.3, -0.25) is 0 Å². The minimum Gasteiger partial charge on any atom is -0.391 e. The lowest BCUT2D eigenvalue weighted by atomic mass is 10.1. The summed E-state index contributed by atoms with van der Waals surface area (Å²) in [6, 6.07) is 5.25. The number of halogens is 3. The van der Waals surface area contributed by atoms with Crippen LogP contribution >= 0.6 is 0 Å². The molecule has 2 atom stereocenters. The number of aliphatic hydroxyl groups is 1. The monoisotopic (exact) mass is 288 g/mol. The predicted octanol–water partition coefficient (Wildman–Crippen LogP) is 2.21. The number of aliphatic hydroxyl groups excluding tert-OH is 1. The van der Waals surface area contributed by atoms with Crippen LogP contribution in [0, 0.1) is 0 Å². The fraction of sp³-hybridized carbons (Fsp3) is 0.571. The quantitative estimate of drug-likeness (QED) is 0.924. The third kappa shape index (κ3) is 3.43. The molecule has 2 rings (SSSR count). The highest BCUT2D eigenvalue weighted by Crippen LogP contribution is 2.32. The third-order valence-electron chi connectivity index (χ3n) is 3.49. The highest BCUT2D eigenvalue weighted by Gasteiger charge is 2.33. The third-order valence-corrected chi connectivity index (χ3v) is 3.49.